The lowest BCUT2D eigenvalue weighted by Gasteiger charge is -2.35. The number of urea groups is 1. The molecule has 2 amide bonds. The standard InChI is InChI=1S/C23H33N5O3/c1-23(2,3)26-22(29)25-18-9-10-20(24-15-18)28-13-11-27(12-14-28)16-17-7-6-8-19(30-4)21(17)31-5/h6-10,15H,11-14,16H2,1-5H3,(H2,25,26,29). The Morgan fingerprint density at radius 3 is 2.39 bits per heavy atom. The normalized spacial score (nSPS) is 14.8. The van der Waals surface area contributed by atoms with Crippen molar-refractivity contribution in [3.05, 3.63) is 42.1 Å². The fourth-order valence-electron chi connectivity index (χ4n) is 3.60. The number of anilines is 2. The van der Waals surface area contributed by atoms with Crippen molar-refractivity contribution in [1.29, 1.82) is 0 Å². The Bertz CT molecular complexity index is 872. The van der Waals surface area contributed by atoms with Crippen molar-refractivity contribution in [2.75, 3.05) is 50.6 Å². The topological polar surface area (TPSA) is 79.0 Å². The highest BCUT2D eigenvalue weighted by atomic mass is 16.5. The maximum absolute atomic E-state index is 12.0. The zero-order chi connectivity index (χ0) is 22.4. The van der Waals surface area contributed by atoms with Crippen LogP contribution in [0.25, 0.3) is 0 Å². The SMILES string of the molecule is COc1cccc(CN2CCN(c3ccc(NC(=O)NC(C)(C)C)cn3)CC2)c1OC. The van der Waals surface area contributed by atoms with Gasteiger partial charge in [-0.2, -0.15) is 0 Å². The predicted molar refractivity (Wildman–Crippen MR) is 123 cm³/mol. The summed E-state index contributed by atoms with van der Waals surface area (Å²) in [5, 5.41) is 5.70. The summed E-state index contributed by atoms with van der Waals surface area (Å²) in [6.07, 6.45) is 1.70. The number of methoxy groups -OCH3 is 2. The van der Waals surface area contributed by atoms with E-state index in [-0.39, 0.29) is 11.6 Å². The number of pyridine rings is 1. The van der Waals surface area contributed by atoms with E-state index < -0.39 is 0 Å². The van der Waals surface area contributed by atoms with Crippen molar-refractivity contribution >= 4 is 17.5 Å². The van der Waals surface area contributed by atoms with Crippen LogP contribution in [0.1, 0.15) is 26.3 Å². The van der Waals surface area contributed by atoms with Gasteiger partial charge in [0.2, 0.25) is 0 Å². The summed E-state index contributed by atoms with van der Waals surface area (Å²) in [5.74, 6) is 2.47. The lowest BCUT2D eigenvalue weighted by atomic mass is 10.1. The Morgan fingerprint density at radius 2 is 1.81 bits per heavy atom. The minimum absolute atomic E-state index is 0.233. The van der Waals surface area contributed by atoms with E-state index >= 15 is 0 Å². The highest BCUT2D eigenvalue weighted by Gasteiger charge is 2.20. The number of carbonyl (C=O) groups excluding carboxylic acids is 1. The van der Waals surface area contributed by atoms with Gasteiger partial charge in [0.25, 0.3) is 0 Å². The monoisotopic (exact) mass is 427 g/mol. The van der Waals surface area contributed by atoms with Crippen LogP contribution in [0, 0.1) is 0 Å². The molecule has 1 fully saturated rings. The number of nitrogens with zero attached hydrogens (tertiary/aromatic N) is 3. The van der Waals surface area contributed by atoms with Crippen molar-refractivity contribution < 1.29 is 14.3 Å². The molecule has 0 aliphatic carbocycles. The summed E-state index contributed by atoms with van der Waals surface area (Å²) in [7, 11) is 3.33. The Balaban J connectivity index is 1.54. The van der Waals surface area contributed by atoms with Crippen LogP contribution >= 0.6 is 0 Å². The number of amides is 2. The van der Waals surface area contributed by atoms with Crippen LogP contribution in [0.5, 0.6) is 11.5 Å². The van der Waals surface area contributed by atoms with E-state index in [1.54, 1.807) is 20.4 Å². The summed E-state index contributed by atoms with van der Waals surface area (Å²) >= 11 is 0. The fourth-order valence-corrected chi connectivity index (χ4v) is 3.60. The van der Waals surface area contributed by atoms with E-state index in [4.69, 9.17) is 9.47 Å². The number of carbonyl (C=O) groups is 1. The first-order chi connectivity index (χ1) is 14.8. The number of para-hydroxylation sites is 1. The molecule has 2 heterocycles. The van der Waals surface area contributed by atoms with Gasteiger partial charge in [0.05, 0.1) is 26.1 Å². The van der Waals surface area contributed by atoms with Gasteiger partial charge in [-0.3, -0.25) is 4.90 Å². The van der Waals surface area contributed by atoms with Gasteiger partial charge in [0.1, 0.15) is 5.82 Å². The second-order valence-corrected chi connectivity index (χ2v) is 8.65. The zero-order valence-electron chi connectivity index (χ0n) is 19.1. The molecule has 2 aromatic rings. The minimum atomic E-state index is -0.286. The van der Waals surface area contributed by atoms with E-state index in [1.165, 1.54) is 0 Å². The smallest absolute Gasteiger partial charge is 0.319 e. The van der Waals surface area contributed by atoms with E-state index in [2.05, 4.69) is 31.5 Å². The molecule has 0 radical (unpaired) electrons. The highest BCUT2D eigenvalue weighted by molar-refractivity contribution is 5.89. The Morgan fingerprint density at radius 1 is 1.06 bits per heavy atom. The third kappa shape index (κ3) is 6.24. The lowest BCUT2D eigenvalue weighted by molar-refractivity contribution is 0.243. The van der Waals surface area contributed by atoms with E-state index in [0.29, 0.717) is 5.69 Å². The van der Waals surface area contributed by atoms with Crippen LogP contribution < -0.4 is 25.0 Å². The maximum atomic E-state index is 12.0. The zero-order valence-corrected chi connectivity index (χ0v) is 19.1. The molecule has 0 bridgehead atoms. The van der Waals surface area contributed by atoms with Crippen LogP contribution in [0.3, 0.4) is 0 Å². The molecule has 2 N–H and O–H groups in total. The molecule has 1 aliphatic rings. The number of rotatable bonds is 6. The van der Waals surface area contributed by atoms with Gasteiger partial charge in [-0.25, -0.2) is 9.78 Å². The molecule has 1 saturated heterocycles. The summed E-state index contributed by atoms with van der Waals surface area (Å²) < 4.78 is 11.0. The van der Waals surface area contributed by atoms with Gasteiger partial charge < -0.3 is 25.0 Å². The molecule has 1 aliphatic heterocycles. The van der Waals surface area contributed by atoms with Crippen molar-refractivity contribution in [3.8, 4) is 11.5 Å². The number of aromatic nitrogens is 1. The lowest BCUT2D eigenvalue weighted by Crippen LogP contribution is -2.46. The third-order valence-corrected chi connectivity index (χ3v) is 5.07. The Labute approximate surface area is 184 Å². The Kier molecular flexibility index (Phi) is 7.22. The summed E-state index contributed by atoms with van der Waals surface area (Å²) in [6, 6.07) is 9.59. The molecule has 31 heavy (non-hydrogen) atoms. The number of benzene rings is 1. The van der Waals surface area contributed by atoms with Crippen LogP contribution in [-0.2, 0) is 6.54 Å². The number of nitrogens with one attached hydrogen (secondary N) is 2. The molecule has 0 spiro atoms. The van der Waals surface area contributed by atoms with Crippen molar-refractivity contribution in [2.24, 2.45) is 0 Å². The molecule has 1 aromatic carbocycles. The number of piperazine rings is 1. The molecule has 8 heteroatoms. The van der Waals surface area contributed by atoms with Crippen LogP contribution in [0.4, 0.5) is 16.3 Å². The molecule has 168 valence electrons. The van der Waals surface area contributed by atoms with Crippen LogP contribution in [0.2, 0.25) is 0 Å². The number of hydrogen-bond acceptors (Lipinski definition) is 6. The second-order valence-electron chi connectivity index (χ2n) is 8.65. The van der Waals surface area contributed by atoms with Gasteiger partial charge in [0, 0.05) is 43.8 Å². The average molecular weight is 428 g/mol. The number of hydrogen-bond donors (Lipinski definition) is 2. The maximum Gasteiger partial charge on any atom is 0.319 e. The summed E-state index contributed by atoms with van der Waals surface area (Å²) in [4.78, 5) is 21.2. The average Bonchev–Trinajstić information content (AvgIpc) is 2.73. The van der Waals surface area contributed by atoms with Crippen LogP contribution in [-0.4, -0.2) is 61.9 Å². The van der Waals surface area contributed by atoms with Crippen LogP contribution in [0.15, 0.2) is 36.5 Å². The third-order valence-electron chi connectivity index (χ3n) is 5.07. The van der Waals surface area contributed by atoms with Gasteiger partial charge in [-0.1, -0.05) is 12.1 Å². The largest absolute Gasteiger partial charge is 0.493 e. The molecular weight excluding hydrogens is 394 g/mol. The predicted octanol–water partition coefficient (Wildman–Crippen LogP) is 3.34. The minimum Gasteiger partial charge on any atom is -0.493 e. The van der Waals surface area contributed by atoms with Gasteiger partial charge in [0.15, 0.2) is 11.5 Å². The van der Waals surface area contributed by atoms with E-state index in [0.717, 1.165) is 55.6 Å². The summed E-state index contributed by atoms with van der Waals surface area (Å²) in [6.45, 7) is 10.3. The first kappa shape index (κ1) is 22.7. The molecule has 0 saturated carbocycles. The molecule has 1 aromatic heterocycles. The van der Waals surface area contributed by atoms with Crippen molar-refractivity contribution in [1.82, 2.24) is 15.2 Å². The Hall–Kier alpha value is -3.00. The molecule has 0 unspecified atom stereocenters. The highest BCUT2D eigenvalue weighted by Crippen LogP contribution is 2.31. The molecule has 3 rings (SSSR count). The fraction of sp³-hybridized carbons (Fsp3) is 0.478. The molecular formula is C23H33N5O3. The first-order valence-electron chi connectivity index (χ1n) is 10.5. The van der Waals surface area contributed by atoms with Gasteiger partial charge >= 0.3 is 6.03 Å². The van der Waals surface area contributed by atoms with Crippen molar-refractivity contribution in [3.63, 3.8) is 0 Å². The van der Waals surface area contributed by atoms with E-state index in [1.807, 2.05) is 45.0 Å². The molecule has 8 nitrogen and oxygen atoms in total. The first-order valence-corrected chi connectivity index (χ1v) is 10.5. The van der Waals surface area contributed by atoms with Gasteiger partial charge in [-0.15, -0.1) is 0 Å². The number of ether oxygens (including phenoxy) is 2. The van der Waals surface area contributed by atoms with Crippen molar-refractivity contribution in [2.45, 2.75) is 32.9 Å². The second kappa shape index (κ2) is 9.87. The molecule has 0 atom stereocenters. The quantitative estimate of drug-likeness (QED) is 0.736. The summed E-state index contributed by atoms with van der Waals surface area (Å²) in [5.41, 5.74) is 1.51. The van der Waals surface area contributed by atoms with E-state index in [9.17, 15) is 4.79 Å². The van der Waals surface area contributed by atoms with Gasteiger partial charge in [-0.05, 0) is 39.0 Å².